The predicted octanol–water partition coefficient (Wildman–Crippen LogP) is 10.4. The van der Waals surface area contributed by atoms with Crippen LogP contribution in [0.2, 0.25) is 0 Å². The number of hydrogen-bond donors (Lipinski definition) is 0. The van der Waals surface area contributed by atoms with Crippen molar-refractivity contribution in [3.8, 4) is 0 Å². The highest BCUT2D eigenvalue weighted by atomic mass is 15.2. The summed E-state index contributed by atoms with van der Waals surface area (Å²) in [6, 6.07) is 44.7. The first-order chi connectivity index (χ1) is 23.8. The molecule has 0 radical (unpaired) electrons. The Morgan fingerprint density at radius 3 is 1.31 bits per heavy atom. The maximum atomic E-state index is 4.96. The third-order valence-electron chi connectivity index (χ3n) is 10.9. The van der Waals surface area contributed by atoms with E-state index in [1.54, 1.807) is 0 Å². The molecule has 48 heavy (non-hydrogen) atoms. The normalized spacial score (nSPS) is 14.2. The molecule has 0 bridgehead atoms. The third-order valence-corrected chi connectivity index (χ3v) is 10.9. The van der Waals surface area contributed by atoms with Gasteiger partial charge in [-0.05, 0) is 89.6 Å². The van der Waals surface area contributed by atoms with Gasteiger partial charge in [0, 0.05) is 60.7 Å². The van der Waals surface area contributed by atoms with Crippen LogP contribution < -0.4 is 9.80 Å². The highest BCUT2D eigenvalue weighted by Crippen LogP contribution is 2.42. The van der Waals surface area contributed by atoms with E-state index in [-0.39, 0.29) is 0 Å². The first-order valence-corrected chi connectivity index (χ1v) is 16.8. The van der Waals surface area contributed by atoms with Gasteiger partial charge in [-0.3, -0.25) is 9.97 Å². The van der Waals surface area contributed by atoms with Crippen molar-refractivity contribution in [2.75, 3.05) is 9.80 Å². The van der Waals surface area contributed by atoms with Crippen LogP contribution in [0.5, 0.6) is 0 Å². The Kier molecular flexibility index (Phi) is 5.31. The Morgan fingerprint density at radius 1 is 0.375 bits per heavy atom. The first-order valence-electron chi connectivity index (χ1n) is 16.8. The van der Waals surface area contributed by atoms with Crippen LogP contribution in [-0.4, -0.2) is 9.97 Å². The average molecular weight is 615 g/mol. The van der Waals surface area contributed by atoms with Crippen LogP contribution in [0.25, 0.3) is 64.9 Å². The summed E-state index contributed by atoms with van der Waals surface area (Å²) in [6.07, 6.45) is 3.93. The lowest BCUT2D eigenvalue weighted by Gasteiger charge is -2.22. The molecule has 0 fully saturated rings. The van der Waals surface area contributed by atoms with Crippen LogP contribution in [0.4, 0.5) is 11.4 Å². The molecule has 0 N–H and O–H groups in total. The summed E-state index contributed by atoms with van der Waals surface area (Å²) < 4.78 is 0. The van der Waals surface area contributed by atoms with Crippen LogP contribution in [0, 0.1) is 0 Å². The molecule has 0 unspecified atom stereocenters. The van der Waals surface area contributed by atoms with E-state index in [1.807, 2.05) is 12.4 Å². The van der Waals surface area contributed by atoms with Gasteiger partial charge in [-0.2, -0.15) is 0 Å². The molecule has 0 atom stereocenters. The molecular weight excluding hydrogens is 585 g/mol. The van der Waals surface area contributed by atoms with Crippen LogP contribution >= 0.6 is 0 Å². The number of rotatable bonds is 2. The van der Waals surface area contributed by atoms with Crippen molar-refractivity contribution in [3.05, 3.63) is 156 Å². The Bertz CT molecular complexity index is 2630. The van der Waals surface area contributed by atoms with E-state index in [2.05, 4.69) is 131 Å². The zero-order valence-corrected chi connectivity index (χ0v) is 26.3. The second kappa shape index (κ2) is 9.76. The van der Waals surface area contributed by atoms with Crippen LogP contribution in [0.15, 0.2) is 134 Å². The summed E-state index contributed by atoms with van der Waals surface area (Å²) in [5.41, 5.74) is 10.0. The van der Waals surface area contributed by atoms with Crippen molar-refractivity contribution < 1.29 is 0 Å². The Hall–Kier alpha value is -6.00. The minimum Gasteiger partial charge on any atom is -0.362 e. The maximum Gasteiger partial charge on any atom is 0.0986 e. The molecule has 11 rings (SSSR count). The summed E-state index contributed by atoms with van der Waals surface area (Å²) in [7, 11) is 0. The van der Waals surface area contributed by atoms with Crippen molar-refractivity contribution in [1.82, 2.24) is 9.97 Å². The van der Waals surface area contributed by atoms with E-state index >= 15 is 0 Å². The zero-order chi connectivity index (χ0) is 31.3. The highest BCUT2D eigenvalue weighted by molar-refractivity contribution is 6.13. The molecule has 0 spiro atoms. The quantitative estimate of drug-likeness (QED) is 0.181. The van der Waals surface area contributed by atoms with Gasteiger partial charge >= 0.3 is 0 Å². The lowest BCUT2D eigenvalue weighted by Crippen LogP contribution is -2.16. The van der Waals surface area contributed by atoms with Crippen molar-refractivity contribution >= 4 is 76.3 Å². The SMILES string of the molecule is c1ccc2c(c1)ccc1ccc3c(c12)CN(c1ccnc2c1ccc1c(N4Cc5ccc6ccc7ccccc7c6c5C4)ccnc12)C3. The molecule has 4 heterocycles. The minimum atomic E-state index is 0.875. The first kappa shape index (κ1) is 26.1. The molecule has 2 aromatic heterocycles. The van der Waals surface area contributed by atoms with Gasteiger partial charge in [-0.15, -0.1) is 0 Å². The predicted molar refractivity (Wildman–Crippen MR) is 200 cm³/mol. The summed E-state index contributed by atoms with van der Waals surface area (Å²) in [4.78, 5) is 14.9. The molecule has 226 valence electrons. The summed E-state index contributed by atoms with van der Waals surface area (Å²) in [5.74, 6) is 0. The molecule has 2 aliphatic rings. The Morgan fingerprint density at radius 2 is 0.812 bits per heavy atom. The zero-order valence-electron chi connectivity index (χ0n) is 26.3. The molecule has 0 saturated carbocycles. The fourth-order valence-corrected chi connectivity index (χ4v) is 8.68. The maximum absolute atomic E-state index is 4.96. The monoisotopic (exact) mass is 614 g/mol. The van der Waals surface area contributed by atoms with Crippen molar-refractivity contribution in [3.63, 3.8) is 0 Å². The molecule has 0 saturated heterocycles. The van der Waals surface area contributed by atoms with Gasteiger partial charge in [0.25, 0.3) is 0 Å². The van der Waals surface area contributed by atoms with Gasteiger partial charge in [-0.1, -0.05) is 97.1 Å². The number of anilines is 2. The fraction of sp³-hybridized carbons (Fsp3) is 0.0909. The van der Waals surface area contributed by atoms with E-state index in [0.717, 1.165) is 48.0 Å². The van der Waals surface area contributed by atoms with Crippen LogP contribution in [0.1, 0.15) is 22.3 Å². The van der Waals surface area contributed by atoms with Gasteiger partial charge in [0.05, 0.1) is 11.0 Å². The number of fused-ring (bicyclic) bond motifs is 13. The molecule has 0 amide bonds. The average Bonchev–Trinajstić information content (AvgIpc) is 3.79. The van der Waals surface area contributed by atoms with E-state index in [0.29, 0.717) is 0 Å². The summed E-state index contributed by atoms with van der Waals surface area (Å²) in [5, 5.41) is 12.9. The van der Waals surface area contributed by atoms with Crippen molar-refractivity contribution in [2.45, 2.75) is 26.2 Å². The van der Waals surface area contributed by atoms with Crippen molar-refractivity contribution in [1.29, 1.82) is 0 Å². The van der Waals surface area contributed by atoms with E-state index in [4.69, 9.17) is 9.97 Å². The molecule has 9 aromatic rings. The lowest BCUT2D eigenvalue weighted by molar-refractivity contribution is 0.885. The van der Waals surface area contributed by atoms with Gasteiger partial charge in [0.1, 0.15) is 0 Å². The smallest absolute Gasteiger partial charge is 0.0986 e. The lowest BCUT2D eigenvalue weighted by atomic mass is 9.95. The molecule has 2 aliphatic heterocycles. The van der Waals surface area contributed by atoms with Gasteiger partial charge in [-0.25, -0.2) is 0 Å². The number of nitrogens with zero attached hydrogens (tertiary/aromatic N) is 4. The van der Waals surface area contributed by atoms with Gasteiger partial charge in [0.15, 0.2) is 0 Å². The Balaban J connectivity index is 1.00. The molecule has 7 aromatic carbocycles. The summed E-state index contributed by atoms with van der Waals surface area (Å²) >= 11 is 0. The van der Waals surface area contributed by atoms with Crippen LogP contribution in [0.3, 0.4) is 0 Å². The standard InChI is InChI=1S/C44H30N4/c1-3-7-33-27(5-1)9-11-29-13-15-31-23-47(25-37(31)41(29)33)39-19-21-45-43-35(39)17-18-36-40(20-22-46-44(36)43)48-24-32-16-14-30-12-10-28-6-2-4-8-34(28)42(30)38(32)26-48/h1-22H,23-26H2. The second-order valence-electron chi connectivity index (χ2n) is 13.4. The number of hydrogen-bond acceptors (Lipinski definition) is 4. The van der Waals surface area contributed by atoms with Gasteiger partial charge in [0.2, 0.25) is 0 Å². The third kappa shape index (κ3) is 3.66. The minimum absolute atomic E-state index is 0.875. The highest BCUT2D eigenvalue weighted by Gasteiger charge is 2.26. The second-order valence-corrected chi connectivity index (χ2v) is 13.4. The Labute approximate surface area is 277 Å². The number of aromatic nitrogens is 2. The van der Waals surface area contributed by atoms with E-state index < -0.39 is 0 Å². The molecule has 4 heteroatoms. The topological polar surface area (TPSA) is 32.3 Å². The fourth-order valence-electron chi connectivity index (χ4n) is 8.68. The van der Waals surface area contributed by atoms with E-state index in [1.165, 1.54) is 76.7 Å². The number of pyridine rings is 2. The molecule has 0 aliphatic carbocycles. The largest absolute Gasteiger partial charge is 0.362 e. The van der Waals surface area contributed by atoms with E-state index in [9.17, 15) is 0 Å². The molecule has 4 nitrogen and oxygen atoms in total. The van der Waals surface area contributed by atoms with Gasteiger partial charge < -0.3 is 9.80 Å². The molecular formula is C44H30N4. The van der Waals surface area contributed by atoms with Crippen molar-refractivity contribution in [2.24, 2.45) is 0 Å². The van der Waals surface area contributed by atoms with Crippen LogP contribution in [-0.2, 0) is 26.2 Å². The number of benzene rings is 7. The summed E-state index contributed by atoms with van der Waals surface area (Å²) in [6.45, 7) is 3.52.